The van der Waals surface area contributed by atoms with E-state index in [1.54, 1.807) is 29.2 Å². The van der Waals surface area contributed by atoms with Gasteiger partial charge in [-0.1, -0.05) is 11.6 Å². The minimum atomic E-state index is -0.592. The Kier molecular flexibility index (Phi) is 3.68. The molecule has 3 heterocycles. The van der Waals surface area contributed by atoms with Crippen LogP contribution in [-0.2, 0) is 0 Å². The molecule has 1 fully saturated rings. The van der Waals surface area contributed by atoms with Crippen molar-refractivity contribution in [1.29, 1.82) is 0 Å². The summed E-state index contributed by atoms with van der Waals surface area (Å²) in [4.78, 5) is 8.84. The fourth-order valence-corrected chi connectivity index (χ4v) is 3.79. The molecule has 0 unspecified atom stereocenters. The van der Waals surface area contributed by atoms with Crippen molar-refractivity contribution >= 4 is 17.2 Å². The fraction of sp³-hybridized carbons (Fsp3) is 0.150. The number of benzene rings is 1. The molecule has 134 valence electrons. The summed E-state index contributed by atoms with van der Waals surface area (Å²) in [6, 6.07) is 9.04. The van der Waals surface area contributed by atoms with Crippen molar-refractivity contribution in [3.8, 4) is 11.1 Å². The van der Waals surface area contributed by atoms with Gasteiger partial charge in [-0.15, -0.1) is 0 Å². The van der Waals surface area contributed by atoms with Crippen LogP contribution in [0.3, 0.4) is 0 Å². The van der Waals surface area contributed by atoms with Crippen molar-refractivity contribution in [3.63, 3.8) is 0 Å². The molecule has 1 aliphatic rings. The standard InChI is InChI=1S/C20H13ClF2N4/c21-19-10-16(20-25-5-6-27(20)26-19)14-9-15(14)18-7-11(3-4-24-18)13-2-1-12(22)8-17(13)23/h1-8,10,14-15H,9H2/t14-,15-/m0/s1. The van der Waals surface area contributed by atoms with Crippen LogP contribution in [0.25, 0.3) is 16.8 Å². The second-order valence-corrected chi connectivity index (χ2v) is 7.05. The molecule has 4 aromatic rings. The van der Waals surface area contributed by atoms with Crippen LogP contribution in [-0.4, -0.2) is 19.6 Å². The molecule has 0 amide bonds. The Morgan fingerprint density at radius 3 is 2.74 bits per heavy atom. The third-order valence-corrected chi connectivity index (χ3v) is 5.14. The highest BCUT2D eigenvalue weighted by Gasteiger charge is 2.42. The normalized spacial score (nSPS) is 18.8. The molecule has 0 N–H and O–H groups in total. The number of imidazole rings is 1. The number of fused-ring (bicyclic) bond motifs is 1. The molecule has 0 saturated heterocycles. The van der Waals surface area contributed by atoms with Gasteiger partial charge in [0, 0.05) is 47.4 Å². The van der Waals surface area contributed by atoms with E-state index in [-0.39, 0.29) is 11.8 Å². The van der Waals surface area contributed by atoms with Crippen molar-refractivity contribution in [2.75, 3.05) is 0 Å². The summed E-state index contributed by atoms with van der Waals surface area (Å²) < 4.78 is 29.0. The van der Waals surface area contributed by atoms with Crippen LogP contribution in [0.15, 0.2) is 55.0 Å². The topological polar surface area (TPSA) is 43.1 Å². The van der Waals surface area contributed by atoms with E-state index < -0.39 is 11.6 Å². The first kappa shape index (κ1) is 16.3. The van der Waals surface area contributed by atoms with Crippen molar-refractivity contribution in [2.24, 2.45) is 0 Å². The van der Waals surface area contributed by atoms with Gasteiger partial charge in [-0.05, 0) is 48.2 Å². The van der Waals surface area contributed by atoms with Crippen molar-refractivity contribution < 1.29 is 8.78 Å². The summed E-state index contributed by atoms with van der Waals surface area (Å²) in [5.74, 6) is -0.741. The van der Waals surface area contributed by atoms with Crippen LogP contribution in [0, 0.1) is 11.6 Å². The van der Waals surface area contributed by atoms with Crippen LogP contribution in [0.1, 0.15) is 29.5 Å². The number of halogens is 3. The van der Waals surface area contributed by atoms with Gasteiger partial charge >= 0.3 is 0 Å². The molecule has 3 aromatic heterocycles. The molecule has 0 radical (unpaired) electrons. The van der Waals surface area contributed by atoms with Gasteiger partial charge in [0.25, 0.3) is 0 Å². The monoisotopic (exact) mass is 382 g/mol. The van der Waals surface area contributed by atoms with Gasteiger partial charge in [-0.2, -0.15) is 5.10 Å². The molecule has 0 aliphatic heterocycles. The summed E-state index contributed by atoms with van der Waals surface area (Å²) in [5.41, 5.74) is 3.73. The lowest BCUT2D eigenvalue weighted by molar-refractivity contribution is 0.585. The molecular formula is C20H13ClF2N4. The van der Waals surface area contributed by atoms with Gasteiger partial charge in [0.15, 0.2) is 5.65 Å². The first-order valence-corrected chi connectivity index (χ1v) is 8.89. The number of hydrogen-bond donors (Lipinski definition) is 0. The van der Waals surface area contributed by atoms with E-state index in [2.05, 4.69) is 15.1 Å². The second-order valence-electron chi connectivity index (χ2n) is 6.66. The van der Waals surface area contributed by atoms with Crippen LogP contribution in [0.2, 0.25) is 5.15 Å². The quantitative estimate of drug-likeness (QED) is 0.501. The molecule has 1 aromatic carbocycles. The first-order chi connectivity index (χ1) is 13.1. The maximum absolute atomic E-state index is 14.1. The highest BCUT2D eigenvalue weighted by atomic mass is 35.5. The summed E-state index contributed by atoms with van der Waals surface area (Å²) in [6.45, 7) is 0. The van der Waals surface area contributed by atoms with Crippen molar-refractivity contribution in [2.45, 2.75) is 18.3 Å². The molecule has 1 saturated carbocycles. The zero-order valence-electron chi connectivity index (χ0n) is 14.0. The van der Waals surface area contributed by atoms with Crippen molar-refractivity contribution in [3.05, 3.63) is 83.0 Å². The number of pyridine rings is 1. The minimum absolute atomic E-state index is 0.201. The van der Waals surface area contributed by atoms with Crippen LogP contribution in [0.5, 0.6) is 0 Å². The summed E-state index contributed by atoms with van der Waals surface area (Å²) in [7, 11) is 0. The van der Waals surface area contributed by atoms with Gasteiger partial charge in [0.1, 0.15) is 16.8 Å². The highest BCUT2D eigenvalue weighted by molar-refractivity contribution is 6.29. The second kappa shape index (κ2) is 6.09. The third-order valence-electron chi connectivity index (χ3n) is 4.95. The minimum Gasteiger partial charge on any atom is -0.261 e. The zero-order chi connectivity index (χ0) is 18.5. The van der Waals surface area contributed by atoms with Crippen LogP contribution < -0.4 is 0 Å². The summed E-state index contributed by atoms with van der Waals surface area (Å²) in [5, 5.41) is 4.62. The lowest BCUT2D eigenvalue weighted by atomic mass is 10.0. The summed E-state index contributed by atoms with van der Waals surface area (Å²) in [6.07, 6.45) is 6.02. The fourth-order valence-electron chi connectivity index (χ4n) is 3.59. The Labute approximate surface area is 158 Å². The average molecular weight is 383 g/mol. The van der Waals surface area contributed by atoms with E-state index in [1.165, 1.54) is 12.1 Å². The van der Waals surface area contributed by atoms with E-state index in [9.17, 15) is 8.78 Å². The van der Waals surface area contributed by atoms with Gasteiger partial charge < -0.3 is 0 Å². The Bertz CT molecular complexity index is 1170. The van der Waals surface area contributed by atoms with Crippen molar-refractivity contribution in [1.82, 2.24) is 19.6 Å². The predicted molar refractivity (Wildman–Crippen MR) is 97.7 cm³/mol. The molecule has 2 atom stereocenters. The Balaban J connectivity index is 1.49. The Morgan fingerprint density at radius 2 is 1.89 bits per heavy atom. The molecule has 0 spiro atoms. The molecule has 4 nitrogen and oxygen atoms in total. The third kappa shape index (κ3) is 2.86. The number of hydrogen-bond acceptors (Lipinski definition) is 3. The largest absolute Gasteiger partial charge is 0.261 e. The Hall–Kier alpha value is -2.86. The molecule has 1 aliphatic carbocycles. The molecule has 5 rings (SSSR count). The van der Waals surface area contributed by atoms with Gasteiger partial charge in [-0.3, -0.25) is 4.98 Å². The van der Waals surface area contributed by atoms with E-state index in [0.717, 1.165) is 29.4 Å². The van der Waals surface area contributed by atoms with E-state index >= 15 is 0 Å². The smallest absolute Gasteiger partial charge is 0.157 e. The maximum atomic E-state index is 14.1. The van der Waals surface area contributed by atoms with Gasteiger partial charge in [0.05, 0.1) is 0 Å². The van der Waals surface area contributed by atoms with Crippen LogP contribution in [0.4, 0.5) is 8.78 Å². The number of rotatable bonds is 3. The lowest BCUT2D eigenvalue weighted by Gasteiger charge is -2.07. The first-order valence-electron chi connectivity index (χ1n) is 8.51. The molecule has 0 bridgehead atoms. The van der Waals surface area contributed by atoms with Gasteiger partial charge in [0.2, 0.25) is 0 Å². The Morgan fingerprint density at radius 1 is 1.00 bits per heavy atom. The lowest BCUT2D eigenvalue weighted by Crippen LogP contribution is -1.97. The molecule has 7 heteroatoms. The van der Waals surface area contributed by atoms with Gasteiger partial charge in [-0.25, -0.2) is 18.3 Å². The SMILES string of the molecule is Fc1ccc(-c2ccnc([C@H]3C[C@@H]3c3cc(Cl)nn4ccnc34)c2)c(F)c1. The predicted octanol–water partition coefficient (Wildman–Crippen LogP) is 4.99. The van der Waals surface area contributed by atoms with E-state index in [1.807, 2.05) is 12.1 Å². The highest BCUT2D eigenvalue weighted by Crippen LogP contribution is 2.55. The molecular weight excluding hydrogens is 370 g/mol. The zero-order valence-corrected chi connectivity index (χ0v) is 14.7. The average Bonchev–Trinajstić information content (AvgIpc) is 3.31. The molecule has 27 heavy (non-hydrogen) atoms. The number of aromatic nitrogens is 4. The maximum Gasteiger partial charge on any atom is 0.157 e. The summed E-state index contributed by atoms with van der Waals surface area (Å²) >= 11 is 6.13. The van der Waals surface area contributed by atoms with E-state index in [4.69, 9.17) is 11.6 Å². The van der Waals surface area contributed by atoms with E-state index in [0.29, 0.717) is 16.3 Å². The number of nitrogens with zero attached hydrogens (tertiary/aromatic N) is 4. The van der Waals surface area contributed by atoms with Crippen LogP contribution >= 0.6 is 11.6 Å².